The molecule has 11 heteroatoms. The smallest absolute Gasteiger partial charge is 0.306 e. The van der Waals surface area contributed by atoms with Crippen molar-refractivity contribution in [2.75, 3.05) is 18.7 Å². The minimum absolute atomic E-state index is 0.0400. The lowest BCUT2D eigenvalue weighted by atomic mass is 10.2. The number of nitrogens with zero attached hydrogens (tertiary/aromatic N) is 1. The molecule has 2 aromatic rings. The van der Waals surface area contributed by atoms with Gasteiger partial charge >= 0.3 is 10.1 Å². The fourth-order valence-electron chi connectivity index (χ4n) is 1.54. The molecule has 124 valence electrons. The summed E-state index contributed by atoms with van der Waals surface area (Å²) >= 11 is 1.09. The normalized spacial score (nSPS) is 12.7. The van der Waals surface area contributed by atoms with Crippen LogP contribution in [0.1, 0.15) is 10.4 Å². The zero-order chi connectivity index (χ0) is 17.0. The fourth-order valence-corrected chi connectivity index (χ4v) is 3.67. The Morgan fingerprint density at radius 3 is 2.83 bits per heavy atom. The largest absolute Gasteiger partial charge is 0.383 e. The van der Waals surface area contributed by atoms with Crippen LogP contribution >= 0.6 is 19.7 Å². The number of hydrogen-bond donors (Lipinski definition) is 2. The fraction of sp³-hybridized carbons (Fsp3) is 0.167. The van der Waals surface area contributed by atoms with Crippen molar-refractivity contribution in [2.45, 2.75) is 0 Å². The first kappa shape index (κ1) is 17.8. The first-order valence-electron chi connectivity index (χ1n) is 6.08. The highest BCUT2D eigenvalue weighted by Crippen LogP contribution is 2.32. The lowest BCUT2D eigenvalue weighted by Gasteiger charge is -2.05. The second-order valence-electron chi connectivity index (χ2n) is 4.23. The second-order valence-corrected chi connectivity index (χ2v) is 8.53. The Kier molecular flexibility index (Phi) is 5.66. The minimum atomic E-state index is -3.67. The summed E-state index contributed by atoms with van der Waals surface area (Å²) in [4.78, 5) is 25.7. The molecule has 0 saturated heterocycles. The number of nitrogens with one attached hydrogen (secondary N) is 1. The Labute approximate surface area is 138 Å². The molecule has 0 aliphatic carbocycles. The van der Waals surface area contributed by atoms with Gasteiger partial charge in [0.2, 0.25) is 8.38 Å². The minimum Gasteiger partial charge on any atom is -0.383 e. The van der Waals surface area contributed by atoms with Gasteiger partial charge in [-0.05, 0) is 18.2 Å². The number of hydrogen-bond acceptors (Lipinski definition) is 8. The molecule has 1 heterocycles. The molecule has 0 radical (unpaired) electrons. The number of amides is 1. The predicted molar refractivity (Wildman–Crippen MR) is 87.8 cm³/mol. The van der Waals surface area contributed by atoms with E-state index in [4.69, 9.17) is 8.71 Å². The topological polar surface area (TPSA) is 115 Å². The standard InChI is InChI=1S/C12H13N2O6PS2/c1-19-21(16)10-7-13-12(22-10)14-11(15)8-4-3-5-9(6-8)20-23(2,17)18/h3-7,16H,1-2H3,(H,13,14,15). The Hall–Kier alpha value is -1.58. The molecule has 8 nitrogen and oxygen atoms in total. The third kappa shape index (κ3) is 5.22. The molecule has 1 unspecified atom stereocenters. The summed E-state index contributed by atoms with van der Waals surface area (Å²) in [5.74, 6) is -0.442. The summed E-state index contributed by atoms with van der Waals surface area (Å²) in [6.07, 6.45) is 2.33. The summed E-state index contributed by atoms with van der Waals surface area (Å²) in [5, 5.41) is 2.84. The number of benzene rings is 1. The number of anilines is 1. The van der Waals surface area contributed by atoms with Gasteiger partial charge in [0.25, 0.3) is 5.91 Å². The van der Waals surface area contributed by atoms with E-state index in [9.17, 15) is 18.1 Å². The molecule has 1 aromatic heterocycles. The average molecular weight is 376 g/mol. The van der Waals surface area contributed by atoms with Crippen LogP contribution in [0.4, 0.5) is 5.13 Å². The zero-order valence-corrected chi connectivity index (χ0v) is 14.6. The van der Waals surface area contributed by atoms with Crippen LogP contribution in [-0.2, 0) is 14.6 Å². The van der Waals surface area contributed by atoms with Gasteiger partial charge < -0.3 is 13.6 Å². The molecule has 0 saturated carbocycles. The highest BCUT2D eigenvalue weighted by atomic mass is 32.2. The van der Waals surface area contributed by atoms with E-state index in [1.807, 2.05) is 0 Å². The molecule has 0 aliphatic rings. The molecule has 1 atom stereocenters. The van der Waals surface area contributed by atoms with Gasteiger partial charge in [0.05, 0.1) is 12.5 Å². The van der Waals surface area contributed by atoms with Gasteiger partial charge in [0.1, 0.15) is 10.4 Å². The van der Waals surface area contributed by atoms with Crippen LogP contribution in [0.15, 0.2) is 30.5 Å². The van der Waals surface area contributed by atoms with Crippen molar-refractivity contribution in [3.05, 3.63) is 36.0 Å². The van der Waals surface area contributed by atoms with Gasteiger partial charge in [0, 0.05) is 12.7 Å². The van der Waals surface area contributed by atoms with Crippen LogP contribution in [0.5, 0.6) is 5.75 Å². The average Bonchev–Trinajstić information content (AvgIpc) is 2.93. The third-order valence-electron chi connectivity index (χ3n) is 2.42. The predicted octanol–water partition coefficient (Wildman–Crippen LogP) is 1.31. The van der Waals surface area contributed by atoms with Crippen molar-refractivity contribution < 1.29 is 26.8 Å². The van der Waals surface area contributed by atoms with Gasteiger partial charge in [-0.2, -0.15) is 8.42 Å². The summed E-state index contributed by atoms with van der Waals surface area (Å²) in [7, 11) is -4.03. The van der Waals surface area contributed by atoms with E-state index in [2.05, 4.69) is 10.3 Å². The van der Waals surface area contributed by atoms with Crippen molar-refractivity contribution in [3.8, 4) is 5.75 Å². The maximum Gasteiger partial charge on any atom is 0.306 e. The van der Waals surface area contributed by atoms with Crippen LogP contribution in [0.2, 0.25) is 0 Å². The maximum atomic E-state index is 12.1. The molecule has 0 bridgehead atoms. The quantitative estimate of drug-likeness (QED) is 0.577. The van der Waals surface area contributed by atoms with Crippen LogP contribution in [0.3, 0.4) is 0 Å². The van der Waals surface area contributed by atoms with Crippen molar-refractivity contribution in [3.63, 3.8) is 0 Å². The first-order valence-corrected chi connectivity index (χ1v) is 9.93. The molecule has 1 amide bonds. The zero-order valence-electron chi connectivity index (χ0n) is 12.1. The van der Waals surface area contributed by atoms with E-state index >= 15 is 0 Å². The number of rotatable bonds is 6. The highest BCUT2D eigenvalue weighted by Gasteiger charge is 2.15. The SMILES string of the molecule is COP(O)c1cnc(NC(=O)c2cccc(OS(C)(=O)=O)c2)s1. The number of carbonyl (C=O) groups excluding carboxylic acids is 1. The Balaban J connectivity index is 2.11. The molecule has 2 N–H and O–H groups in total. The molecule has 1 aromatic carbocycles. The van der Waals surface area contributed by atoms with E-state index in [0.29, 0.717) is 4.62 Å². The van der Waals surface area contributed by atoms with E-state index in [0.717, 1.165) is 17.6 Å². The van der Waals surface area contributed by atoms with Gasteiger partial charge in [-0.15, -0.1) is 0 Å². The summed E-state index contributed by atoms with van der Waals surface area (Å²) in [6, 6.07) is 5.74. The molecule has 0 spiro atoms. The van der Waals surface area contributed by atoms with Gasteiger partial charge in [-0.25, -0.2) is 4.98 Å². The summed E-state index contributed by atoms with van der Waals surface area (Å²) in [6.45, 7) is 0. The van der Waals surface area contributed by atoms with Crippen molar-refractivity contribution in [1.29, 1.82) is 0 Å². The maximum absolute atomic E-state index is 12.1. The molecular formula is C12H13N2O6PS2. The van der Waals surface area contributed by atoms with E-state index < -0.39 is 24.4 Å². The molecule has 0 aliphatic heterocycles. The molecule has 2 rings (SSSR count). The van der Waals surface area contributed by atoms with Crippen LogP contribution in [0.25, 0.3) is 0 Å². The Morgan fingerprint density at radius 2 is 2.17 bits per heavy atom. The van der Waals surface area contributed by atoms with E-state index in [1.165, 1.54) is 37.6 Å². The molecular weight excluding hydrogens is 363 g/mol. The second kappa shape index (κ2) is 7.33. The number of aromatic nitrogens is 1. The molecule has 0 fully saturated rings. The Morgan fingerprint density at radius 1 is 1.43 bits per heavy atom. The van der Waals surface area contributed by atoms with E-state index in [-0.39, 0.29) is 16.4 Å². The van der Waals surface area contributed by atoms with Gasteiger partial charge in [0.15, 0.2) is 5.13 Å². The highest BCUT2D eigenvalue weighted by molar-refractivity contribution is 7.86. The van der Waals surface area contributed by atoms with Crippen LogP contribution in [-0.4, -0.2) is 37.6 Å². The lowest BCUT2D eigenvalue weighted by Crippen LogP contribution is -2.12. The summed E-state index contributed by atoms with van der Waals surface area (Å²) in [5.41, 5.74) is 0.209. The number of carbonyl (C=O) groups is 1. The lowest BCUT2D eigenvalue weighted by molar-refractivity contribution is 0.102. The number of thiazole rings is 1. The first-order chi connectivity index (χ1) is 10.8. The van der Waals surface area contributed by atoms with Crippen molar-refractivity contribution in [1.82, 2.24) is 4.98 Å². The van der Waals surface area contributed by atoms with Gasteiger partial charge in [-0.1, -0.05) is 17.4 Å². The van der Waals surface area contributed by atoms with Crippen molar-refractivity contribution in [2.24, 2.45) is 0 Å². The van der Waals surface area contributed by atoms with Crippen LogP contribution < -0.4 is 14.1 Å². The monoisotopic (exact) mass is 376 g/mol. The summed E-state index contributed by atoms with van der Waals surface area (Å²) < 4.78 is 32.2. The molecule has 23 heavy (non-hydrogen) atoms. The van der Waals surface area contributed by atoms with E-state index in [1.54, 1.807) is 0 Å². The van der Waals surface area contributed by atoms with Crippen molar-refractivity contribution >= 4 is 45.5 Å². The van der Waals surface area contributed by atoms with Gasteiger partial charge in [-0.3, -0.25) is 10.1 Å². The third-order valence-corrected chi connectivity index (χ3v) is 5.21. The van der Waals surface area contributed by atoms with Crippen LogP contribution in [0, 0.1) is 0 Å². The Bertz CT molecular complexity index is 807.